The fourth-order valence-corrected chi connectivity index (χ4v) is 1.75. The van der Waals surface area contributed by atoms with Gasteiger partial charge >= 0.3 is 0 Å². The average molecular weight is 253 g/mol. The Kier molecular flexibility index (Phi) is 3.63. The first-order chi connectivity index (χ1) is 8.24. The third kappa shape index (κ3) is 2.41. The molecule has 88 valence electrons. The Morgan fingerprint density at radius 1 is 1.29 bits per heavy atom. The molecule has 0 fully saturated rings. The Labute approximate surface area is 103 Å². The van der Waals surface area contributed by atoms with E-state index in [-0.39, 0.29) is 5.02 Å². The van der Waals surface area contributed by atoms with Crippen LogP contribution in [-0.2, 0) is 0 Å². The second-order valence-corrected chi connectivity index (χ2v) is 3.82. The van der Waals surface area contributed by atoms with Crippen molar-refractivity contribution in [1.82, 2.24) is 15.4 Å². The van der Waals surface area contributed by atoms with Gasteiger partial charge in [0.15, 0.2) is 0 Å². The maximum absolute atomic E-state index is 13.9. The van der Waals surface area contributed by atoms with Crippen molar-refractivity contribution in [3.05, 3.63) is 58.9 Å². The standard InChI is InChI=1S/C11H10ClFN4/c12-9-3-1-2-8(10(9)13)11(17-14)7-4-15-6-16-5-7/h1-6,11,17H,14H2. The minimum absolute atomic E-state index is 0.0552. The number of rotatable bonds is 3. The third-order valence-corrected chi connectivity index (χ3v) is 2.66. The number of nitrogens with one attached hydrogen (secondary N) is 1. The lowest BCUT2D eigenvalue weighted by Crippen LogP contribution is -2.29. The second-order valence-electron chi connectivity index (χ2n) is 3.41. The van der Waals surface area contributed by atoms with E-state index in [1.807, 2.05) is 0 Å². The minimum atomic E-state index is -0.533. The van der Waals surface area contributed by atoms with Gasteiger partial charge in [-0.3, -0.25) is 5.84 Å². The van der Waals surface area contributed by atoms with Gasteiger partial charge in [0.2, 0.25) is 0 Å². The molecule has 17 heavy (non-hydrogen) atoms. The van der Waals surface area contributed by atoms with E-state index in [1.165, 1.54) is 12.4 Å². The summed E-state index contributed by atoms with van der Waals surface area (Å²) in [5.74, 6) is 4.94. The van der Waals surface area contributed by atoms with Crippen molar-refractivity contribution >= 4 is 11.6 Å². The fraction of sp³-hybridized carbons (Fsp3) is 0.0909. The third-order valence-electron chi connectivity index (χ3n) is 2.37. The number of hydrogen-bond donors (Lipinski definition) is 2. The van der Waals surface area contributed by atoms with Crippen molar-refractivity contribution < 1.29 is 4.39 Å². The van der Waals surface area contributed by atoms with Gasteiger partial charge in [-0.05, 0) is 6.07 Å². The molecule has 1 aromatic carbocycles. The summed E-state index contributed by atoms with van der Waals surface area (Å²) in [5.41, 5.74) is 3.54. The minimum Gasteiger partial charge on any atom is -0.271 e. The van der Waals surface area contributed by atoms with Crippen molar-refractivity contribution in [3.8, 4) is 0 Å². The van der Waals surface area contributed by atoms with Crippen LogP contribution >= 0.6 is 11.6 Å². The highest BCUT2D eigenvalue weighted by Crippen LogP contribution is 2.26. The van der Waals surface area contributed by atoms with Crippen LogP contribution in [0.5, 0.6) is 0 Å². The van der Waals surface area contributed by atoms with Crippen LogP contribution < -0.4 is 11.3 Å². The number of hydrogen-bond acceptors (Lipinski definition) is 4. The number of benzene rings is 1. The molecular formula is C11H10ClFN4. The molecule has 1 unspecified atom stereocenters. The lowest BCUT2D eigenvalue weighted by Gasteiger charge is -2.17. The van der Waals surface area contributed by atoms with E-state index in [9.17, 15) is 4.39 Å². The van der Waals surface area contributed by atoms with Gasteiger partial charge in [0.1, 0.15) is 12.1 Å². The Bertz CT molecular complexity index is 506. The summed E-state index contributed by atoms with van der Waals surface area (Å²) in [6, 6.07) is 4.22. The molecule has 1 heterocycles. The molecule has 6 heteroatoms. The molecule has 0 radical (unpaired) electrons. The van der Waals surface area contributed by atoms with E-state index in [1.54, 1.807) is 24.5 Å². The number of hydrazine groups is 1. The Balaban J connectivity index is 2.46. The van der Waals surface area contributed by atoms with Gasteiger partial charge in [-0.15, -0.1) is 0 Å². The van der Waals surface area contributed by atoms with E-state index < -0.39 is 11.9 Å². The van der Waals surface area contributed by atoms with E-state index in [0.717, 1.165) is 0 Å². The van der Waals surface area contributed by atoms with Crippen LogP contribution in [0.4, 0.5) is 4.39 Å². The summed E-state index contributed by atoms with van der Waals surface area (Å²) < 4.78 is 13.9. The molecule has 0 amide bonds. The summed E-state index contributed by atoms with van der Waals surface area (Å²) in [4.78, 5) is 7.74. The molecular weight excluding hydrogens is 243 g/mol. The van der Waals surface area contributed by atoms with Crippen molar-refractivity contribution in [3.63, 3.8) is 0 Å². The van der Waals surface area contributed by atoms with Crippen molar-refractivity contribution in [1.29, 1.82) is 0 Å². The lowest BCUT2D eigenvalue weighted by molar-refractivity contribution is 0.558. The van der Waals surface area contributed by atoms with Crippen molar-refractivity contribution in [2.75, 3.05) is 0 Å². The first kappa shape index (κ1) is 11.9. The second kappa shape index (κ2) is 5.18. The van der Waals surface area contributed by atoms with Crippen molar-refractivity contribution in [2.24, 2.45) is 5.84 Å². The van der Waals surface area contributed by atoms with Gasteiger partial charge in [-0.2, -0.15) is 0 Å². The van der Waals surface area contributed by atoms with Crippen LogP contribution in [0, 0.1) is 5.82 Å². The predicted molar refractivity (Wildman–Crippen MR) is 62.6 cm³/mol. The molecule has 1 atom stereocenters. The fourth-order valence-electron chi connectivity index (χ4n) is 1.57. The lowest BCUT2D eigenvalue weighted by atomic mass is 10.0. The van der Waals surface area contributed by atoms with Crippen LogP contribution in [0.25, 0.3) is 0 Å². The molecule has 4 nitrogen and oxygen atoms in total. The van der Waals surface area contributed by atoms with E-state index in [4.69, 9.17) is 17.4 Å². The maximum Gasteiger partial charge on any atom is 0.146 e. The van der Waals surface area contributed by atoms with Crippen molar-refractivity contribution in [2.45, 2.75) is 6.04 Å². The first-order valence-corrected chi connectivity index (χ1v) is 5.26. The Morgan fingerprint density at radius 3 is 2.65 bits per heavy atom. The summed E-state index contributed by atoms with van der Waals surface area (Å²) >= 11 is 5.73. The zero-order valence-electron chi connectivity index (χ0n) is 8.77. The van der Waals surface area contributed by atoms with Gasteiger partial charge in [-0.25, -0.2) is 19.8 Å². The molecule has 2 aromatic rings. The van der Waals surface area contributed by atoms with E-state index in [0.29, 0.717) is 11.1 Å². The number of nitrogens with two attached hydrogens (primary N) is 1. The van der Waals surface area contributed by atoms with Crippen LogP contribution in [0.15, 0.2) is 36.9 Å². The smallest absolute Gasteiger partial charge is 0.146 e. The van der Waals surface area contributed by atoms with Gasteiger partial charge < -0.3 is 0 Å². The molecule has 0 saturated carbocycles. The van der Waals surface area contributed by atoms with Crippen LogP contribution in [0.1, 0.15) is 17.2 Å². The monoisotopic (exact) mass is 252 g/mol. The topological polar surface area (TPSA) is 63.8 Å². The SMILES string of the molecule is NNC(c1cncnc1)c1cccc(Cl)c1F. The molecule has 0 aliphatic heterocycles. The van der Waals surface area contributed by atoms with Gasteiger partial charge in [0, 0.05) is 23.5 Å². The predicted octanol–water partition coefficient (Wildman–Crippen LogP) is 1.82. The summed E-state index contributed by atoms with van der Waals surface area (Å²) in [7, 11) is 0. The van der Waals surface area contributed by atoms with Gasteiger partial charge in [0.05, 0.1) is 11.1 Å². The summed E-state index contributed by atoms with van der Waals surface area (Å²) in [6.45, 7) is 0. The highest BCUT2D eigenvalue weighted by molar-refractivity contribution is 6.30. The normalized spacial score (nSPS) is 12.4. The molecule has 0 aliphatic carbocycles. The molecule has 3 N–H and O–H groups in total. The Morgan fingerprint density at radius 2 is 2.00 bits per heavy atom. The quantitative estimate of drug-likeness (QED) is 0.646. The largest absolute Gasteiger partial charge is 0.271 e. The highest BCUT2D eigenvalue weighted by Gasteiger charge is 2.18. The molecule has 0 aliphatic rings. The molecule has 0 bridgehead atoms. The number of halogens is 2. The molecule has 2 rings (SSSR count). The zero-order valence-corrected chi connectivity index (χ0v) is 9.53. The maximum atomic E-state index is 13.9. The van der Waals surface area contributed by atoms with Crippen LogP contribution in [-0.4, -0.2) is 9.97 Å². The number of nitrogens with zero attached hydrogens (tertiary/aromatic N) is 2. The highest BCUT2D eigenvalue weighted by atomic mass is 35.5. The summed E-state index contributed by atoms with van der Waals surface area (Å²) in [6.07, 6.45) is 4.53. The molecule has 0 spiro atoms. The van der Waals surface area contributed by atoms with Crippen LogP contribution in [0.2, 0.25) is 5.02 Å². The zero-order chi connectivity index (χ0) is 12.3. The Hall–Kier alpha value is -1.56. The molecule has 0 saturated heterocycles. The first-order valence-electron chi connectivity index (χ1n) is 4.89. The van der Waals surface area contributed by atoms with Gasteiger partial charge in [-0.1, -0.05) is 23.7 Å². The average Bonchev–Trinajstić information content (AvgIpc) is 2.37. The van der Waals surface area contributed by atoms with Crippen LogP contribution in [0.3, 0.4) is 0 Å². The van der Waals surface area contributed by atoms with Gasteiger partial charge in [0.25, 0.3) is 0 Å². The van der Waals surface area contributed by atoms with E-state index in [2.05, 4.69) is 15.4 Å². The molecule has 1 aromatic heterocycles. The van der Waals surface area contributed by atoms with E-state index >= 15 is 0 Å². The number of aromatic nitrogens is 2. The summed E-state index contributed by atoms with van der Waals surface area (Å²) in [5, 5.41) is 0.0552.